The molecule has 0 spiro atoms. The van der Waals surface area contributed by atoms with Gasteiger partial charge in [-0.3, -0.25) is 5.73 Å². The molecule has 0 saturated heterocycles. The largest absolute Gasteiger partial charge is 0.361 e. The molecule has 9 heavy (non-hydrogen) atoms. The van der Waals surface area contributed by atoms with E-state index in [0.29, 0.717) is 0 Å². The van der Waals surface area contributed by atoms with Gasteiger partial charge in [-0.15, -0.1) is 0 Å². The van der Waals surface area contributed by atoms with Crippen molar-refractivity contribution in [2.75, 3.05) is 25.3 Å². The third-order valence-electron chi connectivity index (χ3n) is 1.29. The molecule has 5 heteroatoms. The Balaban J connectivity index is 3.82. The van der Waals surface area contributed by atoms with E-state index in [0.717, 1.165) is 0 Å². The standard InChI is InChI=1S/C4H13NO3P/c5-1-9(2-6,3-7)4-8/h6-8H,1-5H2/q+1. The summed E-state index contributed by atoms with van der Waals surface area (Å²) in [6.45, 7) is 0. The van der Waals surface area contributed by atoms with E-state index >= 15 is 0 Å². The maximum Gasteiger partial charge on any atom is 0.160 e. The number of hydrogen-bond donors (Lipinski definition) is 4. The van der Waals surface area contributed by atoms with Crippen LogP contribution in [0, 0.1) is 0 Å². The third kappa shape index (κ3) is 2.16. The Morgan fingerprint density at radius 3 is 1.33 bits per heavy atom. The minimum absolute atomic E-state index is 0.170. The van der Waals surface area contributed by atoms with Gasteiger partial charge in [-0.2, -0.15) is 0 Å². The van der Waals surface area contributed by atoms with Crippen LogP contribution in [-0.4, -0.2) is 40.6 Å². The molecule has 0 aromatic heterocycles. The molecule has 0 heterocycles. The normalized spacial score (nSPS) is 12.0. The summed E-state index contributed by atoms with van der Waals surface area (Å²) in [5, 5.41) is 25.9. The van der Waals surface area contributed by atoms with Gasteiger partial charge in [0, 0.05) is 0 Å². The first-order valence-corrected chi connectivity index (χ1v) is 5.15. The van der Waals surface area contributed by atoms with Gasteiger partial charge in [0.05, 0.1) is 0 Å². The molecular weight excluding hydrogens is 141 g/mol. The molecule has 4 nitrogen and oxygen atoms in total. The molecule has 5 N–H and O–H groups in total. The average molecular weight is 154 g/mol. The first kappa shape index (κ1) is 9.27. The van der Waals surface area contributed by atoms with Crippen LogP contribution in [0.25, 0.3) is 0 Å². The van der Waals surface area contributed by atoms with E-state index in [4.69, 9.17) is 21.1 Å². The van der Waals surface area contributed by atoms with Gasteiger partial charge < -0.3 is 15.3 Å². The number of aliphatic hydroxyl groups is 3. The molecule has 0 amide bonds. The van der Waals surface area contributed by atoms with Crippen LogP contribution in [0.15, 0.2) is 0 Å². The zero-order valence-electron chi connectivity index (χ0n) is 5.19. The molecule has 0 saturated carbocycles. The SMILES string of the molecule is NC[P+](CO)(CO)CO. The van der Waals surface area contributed by atoms with Crippen LogP contribution in [0.2, 0.25) is 0 Å². The number of hydrogen-bond acceptors (Lipinski definition) is 4. The van der Waals surface area contributed by atoms with E-state index in [2.05, 4.69) is 0 Å². The second-order valence-corrected chi connectivity index (χ2v) is 5.85. The van der Waals surface area contributed by atoms with Crippen LogP contribution in [0.3, 0.4) is 0 Å². The van der Waals surface area contributed by atoms with Crippen molar-refractivity contribution in [3.8, 4) is 0 Å². The van der Waals surface area contributed by atoms with Crippen molar-refractivity contribution in [1.82, 2.24) is 0 Å². The molecule has 0 rings (SSSR count). The Labute approximate surface area is 54.6 Å². The van der Waals surface area contributed by atoms with Gasteiger partial charge in [-0.1, -0.05) is 0 Å². The lowest BCUT2D eigenvalue weighted by Crippen LogP contribution is -2.16. The van der Waals surface area contributed by atoms with E-state index in [9.17, 15) is 0 Å². The van der Waals surface area contributed by atoms with Gasteiger partial charge in [-0.25, -0.2) is 0 Å². The van der Waals surface area contributed by atoms with E-state index < -0.39 is 7.26 Å². The Kier molecular flexibility index (Phi) is 4.27. The highest BCUT2D eigenvalue weighted by molar-refractivity contribution is 7.75. The lowest BCUT2D eigenvalue weighted by atomic mass is 11.5. The van der Waals surface area contributed by atoms with E-state index in [1.54, 1.807) is 0 Å². The average Bonchev–Trinajstić information content (AvgIpc) is 1.95. The Hall–Kier alpha value is 0.270. The lowest BCUT2D eigenvalue weighted by Gasteiger charge is -2.16. The summed E-state index contributed by atoms with van der Waals surface area (Å²) in [5.41, 5.74) is 5.21. The lowest BCUT2D eigenvalue weighted by molar-refractivity contribution is 0.312. The maximum absolute atomic E-state index is 8.63. The van der Waals surface area contributed by atoms with E-state index in [1.165, 1.54) is 0 Å². The smallest absolute Gasteiger partial charge is 0.160 e. The molecule has 0 radical (unpaired) electrons. The van der Waals surface area contributed by atoms with Crippen molar-refractivity contribution < 1.29 is 15.3 Å². The van der Waals surface area contributed by atoms with Crippen LogP contribution in [0.5, 0.6) is 0 Å². The molecule has 0 aliphatic carbocycles. The topological polar surface area (TPSA) is 86.7 Å². The highest BCUT2D eigenvalue weighted by Crippen LogP contribution is 2.53. The fraction of sp³-hybridized carbons (Fsp3) is 1.00. The quantitative estimate of drug-likeness (QED) is 0.382. The third-order valence-corrected chi connectivity index (χ3v) is 3.86. The van der Waals surface area contributed by atoms with Gasteiger partial charge in [-0.05, 0) is 0 Å². The molecule has 0 unspecified atom stereocenters. The van der Waals surface area contributed by atoms with Gasteiger partial charge in [0.2, 0.25) is 0 Å². The van der Waals surface area contributed by atoms with Crippen LogP contribution in [0.4, 0.5) is 0 Å². The van der Waals surface area contributed by atoms with E-state index in [-0.39, 0.29) is 25.3 Å². The minimum Gasteiger partial charge on any atom is -0.361 e. The van der Waals surface area contributed by atoms with Crippen LogP contribution >= 0.6 is 7.26 Å². The second kappa shape index (κ2) is 4.14. The first-order valence-electron chi connectivity index (χ1n) is 2.62. The fourth-order valence-corrected chi connectivity index (χ4v) is 0.922. The van der Waals surface area contributed by atoms with Crippen LogP contribution < -0.4 is 5.73 Å². The van der Waals surface area contributed by atoms with E-state index in [1.807, 2.05) is 0 Å². The zero-order valence-corrected chi connectivity index (χ0v) is 6.09. The summed E-state index contributed by atoms with van der Waals surface area (Å²) < 4.78 is 0. The van der Waals surface area contributed by atoms with Crippen LogP contribution in [-0.2, 0) is 0 Å². The molecule has 0 atom stereocenters. The number of aliphatic hydroxyl groups excluding tert-OH is 3. The molecule has 0 bridgehead atoms. The molecular formula is C4H13NO3P+. The maximum atomic E-state index is 8.63. The van der Waals surface area contributed by atoms with Gasteiger partial charge >= 0.3 is 0 Å². The minimum atomic E-state index is -1.98. The van der Waals surface area contributed by atoms with Crippen molar-refractivity contribution in [2.24, 2.45) is 5.73 Å². The summed E-state index contributed by atoms with van der Waals surface area (Å²) in [4.78, 5) is 0. The molecule has 0 aromatic rings. The number of rotatable bonds is 4. The summed E-state index contributed by atoms with van der Waals surface area (Å²) >= 11 is 0. The van der Waals surface area contributed by atoms with Gasteiger partial charge in [0.25, 0.3) is 0 Å². The highest BCUT2D eigenvalue weighted by atomic mass is 31.2. The molecule has 0 aliphatic heterocycles. The predicted molar refractivity (Wildman–Crippen MR) is 37.2 cm³/mol. The highest BCUT2D eigenvalue weighted by Gasteiger charge is 2.33. The summed E-state index contributed by atoms with van der Waals surface area (Å²) in [6.07, 6.45) is -0.306. The predicted octanol–water partition coefficient (Wildman–Crippen LogP) is -1.23. The molecule has 0 fully saturated rings. The van der Waals surface area contributed by atoms with Crippen molar-refractivity contribution in [3.63, 3.8) is 0 Å². The van der Waals surface area contributed by atoms with Gasteiger partial charge in [0.1, 0.15) is 13.5 Å². The molecule has 0 aliphatic rings. The first-order chi connectivity index (χ1) is 4.24. The summed E-state index contributed by atoms with van der Waals surface area (Å²) in [6, 6.07) is 0. The monoisotopic (exact) mass is 154 g/mol. The fourth-order valence-electron chi connectivity index (χ4n) is 0.307. The zero-order chi connectivity index (χ0) is 7.33. The summed E-state index contributed by atoms with van der Waals surface area (Å²) in [7, 11) is -1.98. The van der Waals surface area contributed by atoms with Crippen molar-refractivity contribution in [2.45, 2.75) is 0 Å². The summed E-state index contributed by atoms with van der Waals surface area (Å²) in [5.74, 6) is 0. The van der Waals surface area contributed by atoms with Crippen molar-refractivity contribution in [1.29, 1.82) is 0 Å². The molecule has 56 valence electrons. The van der Waals surface area contributed by atoms with Crippen molar-refractivity contribution in [3.05, 3.63) is 0 Å². The molecule has 0 aromatic carbocycles. The second-order valence-electron chi connectivity index (χ2n) is 1.95. The van der Waals surface area contributed by atoms with Crippen molar-refractivity contribution >= 4 is 7.26 Å². The van der Waals surface area contributed by atoms with Crippen LogP contribution in [0.1, 0.15) is 0 Å². The Morgan fingerprint density at radius 2 is 1.33 bits per heavy atom. The Bertz CT molecular complexity index is 58.7. The van der Waals surface area contributed by atoms with Gasteiger partial charge in [0.15, 0.2) is 19.0 Å². The Morgan fingerprint density at radius 1 is 1.00 bits per heavy atom. The number of nitrogens with two attached hydrogens (primary N) is 1.